The number of nitrogens with zero attached hydrogens (tertiary/aromatic N) is 2. The minimum absolute atomic E-state index is 0.0186. The number of benzene rings is 1. The second-order valence-corrected chi connectivity index (χ2v) is 4.46. The van der Waals surface area contributed by atoms with Crippen LogP contribution in [-0.2, 0) is 25.6 Å². The summed E-state index contributed by atoms with van der Waals surface area (Å²) in [7, 11) is 2.71. The lowest BCUT2D eigenvalue weighted by molar-refractivity contribution is -0.146. The number of para-hydroxylation sites is 1. The van der Waals surface area contributed by atoms with Crippen molar-refractivity contribution >= 4 is 22.8 Å². The fourth-order valence-electron chi connectivity index (χ4n) is 2.01. The van der Waals surface area contributed by atoms with E-state index in [2.05, 4.69) is 15.2 Å². The number of aromatic nitrogens is 2. The Morgan fingerprint density at radius 2 is 2.10 bits per heavy atom. The van der Waals surface area contributed by atoms with Crippen LogP contribution in [0.5, 0.6) is 0 Å². The predicted molar refractivity (Wildman–Crippen MR) is 75.6 cm³/mol. The van der Waals surface area contributed by atoms with Crippen molar-refractivity contribution in [3.05, 3.63) is 30.5 Å². The molecule has 0 saturated heterocycles. The first kappa shape index (κ1) is 15.0. The van der Waals surface area contributed by atoms with Crippen LogP contribution < -0.4 is 5.32 Å². The van der Waals surface area contributed by atoms with E-state index in [1.165, 1.54) is 14.2 Å². The van der Waals surface area contributed by atoms with Crippen molar-refractivity contribution in [2.24, 2.45) is 0 Å². The topological polar surface area (TPSA) is 82.5 Å². The van der Waals surface area contributed by atoms with Gasteiger partial charge < -0.3 is 14.8 Å². The van der Waals surface area contributed by atoms with E-state index in [1.807, 2.05) is 24.3 Å². The lowest BCUT2D eigenvalue weighted by Crippen LogP contribution is -2.45. The highest BCUT2D eigenvalue weighted by Gasteiger charge is 2.21. The van der Waals surface area contributed by atoms with Crippen LogP contribution >= 0.6 is 0 Å². The number of methoxy groups -OCH3 is 2. The highest BCUT2D eigenvalue weighted by molar-refractivity contribution is 5.86. The highest BCUT2D eigenvalue weighted by Crippen LogP contribution is 2.12. The Bertz CT molecular complexity index is 638. The molecule has 2 rings (SSSR count). The van der Waals surface area contributed by atoms with Crippen molar-refractivity contribution in [3.63, 3.8) is 0 Å². The van der Waals surface area contributed by atoms with Crippen molar-refractivity contribution in [2.45, 2.75) is 12.6 Å². The summed E-state index contributed by atoms with van der Waals surface area (Å²) in [5.41, 5.74) is 0.856. The number of rotatable bonds is 6. The Morgan fingerprint density at radius 3 is 2.81 bits per heavy atom. The fourth-order valence-corrected chi connectivity index (χ4v) is 2.01. The first-order valence-electron chi connectivity index (χ1n) is 6.42. The first-order valence-corrected chi connectivity index (χ1v) is 6.42. The van der Waals surface area contributed by atoms with E-state index in [4.69, 9.17) is 4.74 Å². The van der Waals surface area contributed by atoms with Gasteiger partial charge in [0.1, 0.15) is 6.54 Å². The van der Waals surface area contributed by atoms with Gasteiger partial charge in [-0.25, -0.2) is 4.79 Å². The largest absolute Gasteiger partial charge is 0.467 e. The summed E-state index contributed by atoms with van der Waals surface area (Å²) >= 11 is 0. The molecule has 1 atom stereocenters. The Labute approximate surface area is 121 Å². The van der Waals surface area contributed by atoms with Crippen LogP contribution in [0.15, 0.2) is 30.5 Å². The summed E-state index contributed by atoms with van der Waals surface area (Å²) in [6, 6.07) is 6.75. The van der Waals surface area contributed by atoms with Gasteiger partial charge in [0.15, 0.2) is 6.04 Å². The molecular formula is C14H17N3O4. The Balaban J connectivity index is 2.05. The summed E-state index contributed by atoms with van der Waals surface area (Å²) < 4.78 is 11.1. The zero-order chi connectivity index (χ0) is 15.2. The van der Waals surface area contributed by atoms with Crippen LogP contribution in [-0.4, -0.2) is 48.5 Å². The van der Waals surface area contributed by atoms with Gasteiger partial charge in [0.2, 0.25) is 5.91 Å². The summed E-state index contributed by atoms with van der Waals surface area (Å²) in [6.07, 6.45) is 1.69. The van der Waals surface area contributed by atoms with E-state index in [-0.39, 0.29) is 19.1 Å². The van der Waals surface area contributed by atoms with Crippen molar-refractivity contribution in [3.8, 4) is 0 Å². The molecule has 112 valence electrons. The zero-order valence-corrected chi connectivity index (χ0v) is 11.9. The lowest BCUT2D eigenvalue weighted by Gasteiger charge is -2.15. The van der Waals surface area contributed by atoms with E-state index < -0.39 is 12.0 Å². The number of esters is 1. The predicted octanol–water partition coefficient (Wildman–Crippen LogP) is 0.340. The van der Waals surface area contributed by atoms with Crippen LogP contribution in [0.25, 0.3) is 10.9 Å². The Hall–Kier alpha value is -2.41. The van der Waals surface area contributed by atoms with Crippen molar-refractivity contribution in [1.82, 2.24) is 15.1 Å². The minimum Gasteiger partial charge on any atom is -0.467 e. The van der Waals surface area contributed by atoms with Crippen LogP contribution in [0.3, 0.4) is 0 Å². The zero-order valence-electron chi connectivity index (χ0n) is 11.9. The molecule has 0 spiro atoms. The molecule has 0 aliphatic heterocycles. The van der Waals surface area contributed by atoms with Gasteiger partial charge in [-0.05, 0) is 6.07 Å². The second-order valence-electron chi connectivity index (χ2n) is 4.46. The highest BCUT2D eigenvalue weighted by atomic mass is 16.5. The fraction of sp³-hybridized carbons (Fsp3) is 0.357. The van der Waals surface area contributed by atoms with Gasteiger partial charge >= 0.3 is 5.97 Å². The molecule has 7 nitrogen and oxygen atoms in total. The number of hydrogen-bond donors (Lipinski definition) is 1. The van der Waals surface area contributed by atoms with E-state index in [0.717, 1.165) is 10.9 Å². The van der Waals surface area contributed by atoms with Crippen molar-refractivity contribution < 1.29 is 19.1 Å². The van der Waals surface area contributed by atoms with Gasteiger partial charge in [-0.15, -0.1) is 0 Å². The van der Waals surface area contributed by atoms with Crippen LogP contribution in [0.1, 0.15) is 0 Å². The second kappa shape index (κ2) is 6.85. The number of amides is 1. The van der Waals surface area contributed by atoms with E-state index in [1.54, 1.807) is 10.9 Å². The van der Waals surface area contributed by atoms with Gasteiger partial charge in [-0.2, -0.15) is 5.10 Å². The van der Waals surface area contributed by atoms with Crippen LogP contribution in [0, 0.1) is 0 Å². The molecule has 1 amide bonds. The van der Waals surface area contributed by atoms with Crippen LogP contribution in [0.2, 0.25) is 0 Å². The molecule has 0 fully saturated rings. The summed E-state index contributed by atoms with van der Waals surface area (Å²) in [6.45, 7) is 0.0724. The Kier molecular flexibility index (Phi) is 4.89. The third-order valence-corrected chi connectivity index (χ3v) is 3.00. The molecule has 1 aromatic carbocycles. The summed E-state index contributed by atoms with van der Waals surface area (Å²) in [4.78, 5) is 23.5. The number of nitrogens with one attached hydrogen (secondary N) is 1. The number of ether oxygens (including phenoxy) is 2. The molecule has 21 heavy (non-hydrogen) atoms. The lowest BCUT2D eigenvalue weighted by atomic mass is 10.2. The molecule has 0 saturated carbocycles. The monoisotopic (exact) mass is 291 g/mol. The van der Waals surface area contributed by atoms with Gasteiger partial charge in [0.25, 0.3) is 0 Å². The average molecular weight is 291 g/mol. The molecule has 7 heteroatoms. The number of hydrogen-bond acceptors (Lipinski definition) is 5. The maximum Gasteiger partial charge on any atom is 0.330 e. The minimum atomic E-state index is -0.825. The summed E-state index contributed by atoms with van der Waals surface area (Å²) in [5.74, 6) is -0.883. The van der Waals surface area contributed by atoms with Gasteiger partial charge in [0.05, 0.1) is 25.4 Å². The quantitative estimate of drug-likeness (QED) is 0.776. The van der Waals surface area contributed by atoms with E-state index in [9.17, 15) is 9.59 Å². The maximum absolute atomic E-state index is 12.0. The van der Waals surface area contributed by atoms with Gasteiger partial charge in [-0.1, -0.05) is 18.2 Å². The molecule has 0 radical (unpaired) electrons. The smallest absolute Gasteiger partial charge is 0.330 e. The summed E-state index contributed by atoms with van der Waals surface area (Å²) in [5, 5.41) is 7.68. The maximum atomic E-state index is 12.0. The third-order valence-electron chi connectivity index (χ3n) is 3.00. The van der Waals surface area contributed by atoms with Crippen LogP contribution in [0.4, 0.5) is 0 Å². The number of carbonyl (C=O) groups excluding carboxylic acids is 2. The van der Waals surface area contributed by atoms with Crippen molar-refractivity contribution in [2.75, 3.05) is 20.8 Å². The third kappa shape index (κ3) is 3.57. The van der Waals surface area contributed by atoms with Gasteiger partial charge in [-0.3, -0.25) is 9.48 Å². The molecule has 1 aromatic heterocycles. The standard InChI is InChI=1S/C14H17N3O4/c1-20-9-11(14(19)21-2)16-13(18)8-17-12-6-4-3-5-10(12)7-15-17/h3-7,11H,8-9H2,1-2H3,(H,16,18)/t11-/m1/s1. The van der Waals surface area contributed by atoms with Gasteiger partial charge in [0, 0.05) is 12.5 Å². The molecule has 0 aliphatic rings. The molecule has 0 bridgehead atoms. The number of carbonyl (C=O) groups is 2. The first-order chi connectivity index (χ1) is 10.2. The Morgan fingerprint density at radius 1 is 1.33 bits per heavy atom. The van der Waals surface area contributed by atoms with Crippen molar-refractivity contribution in [1.29, 1.82) is 0 Å². The molecule has 2 aromatic rings. The molecular weight excluding hydrogens is 274 g/mol. The molecule has 1 heterocycles. The molecule has 0 aliphatic carbocycles. The SMILES string of the molecule is COC[C@@H](NC(=O)Cn1ncc2ccccc21)C(=O)OC. The molecule has 0 unspecified atom stereocenters. The van der Waals surface area contributed by atoms with E-state index >= 15 is 0 Å². The molecule has 1 N–H and O–H groups in total. The normalized spacial score (nSPS) is 12.1. The van der Waals surface area contributed by atoms with E-state index in [0.29, 0.717) is 0 Å². The average Bonchev–Trinajstić information content (AvgIpc) is 2.89. The number of fused-ring (bicyclic) bond motifs is 1.